The quantitative estimate of drug-likeness (QED) is 0.341. The molecule has 14 heteroatoms. The molecule has 0 fully saturated rings. The molecular weight excluding hydrogens is 565 g/mol. The molecule has 8 nitrogen and oxygen atoms in total. The zero-order valence-corrected chi connectivity index (χ0v) is 22.5. The van der Waals surface area contributed by atoms with Crippen LogP contribution >= 0.6 is 11.6 Å². The molecule has 40 heavy (non-hydrogen) atoms. The van der Waals surface area contributed by atoms with Gasteiger partial charge in [-0.3, -0.25) is 19.2 Å². The Morgan fingerprint density at radius 3 is 1.82 bits per heavy atom. The minimum absolute atomic E-state index is 0.0682. The molecule has 0 heterocycles. The maximum Gasteiger partial charge on any atom is 0.452 e. The summed E-state index contributed by atoms with van der Waals surface area (Å²) in [5, 5.41) is 6.26. The fraction of sp³-hybridized carbons (Fsp3) is 0.385. The minimum atomic E-state index is -5.24. The third-order valence-electron chi connectivity index (χ3n) is 5.76. The predicted octanol–water partition coefficient (Wildman–Crippen LogP) is 4.07. The standard InChI is InChI=1S/C26H27ClF5N3O5/c1-13(2)19(21(36)26(30,31)32)34-23(38)20(15-5-11-18(40-4)12-6-15)35-22(37)14(3)33-24(39)25(28,29)16-7-9-17(27)10-8-16/h5-14,19-20H,1-4H3,(H,33,39)(H,34,38)(H,35,37). The zero-order chi connectivity index (χ0) is 30.4. The molecule has 2 aromatic carbocycles. The molecule has 3 N–H and O–H groups in total. The maximum atomic E-state index is 14.6. The summed E-state index contributed by atoms with van der Waals surface area (Å²) in [6.07, 6.45) is -5.24. The minimum Gasteiger partial charge on any atom is -0.497 e. The second-order valence-electron chi connectivity index (χ2n) is 9.08. The van der Waals surface area contributed by atoms with Gasteiger partial charge in [0.1, 0.15) is 17.8 Å². The Kier molecular flexibility index (Phi) is 10.6. The number of rotatable bonds is 11. The first kappa shape index (κ1) is 32.5. The van der Waals surface area contributed by atoms with Crippen LogP contribution in [0.25, 0.3) is 0 Å². The second-order valence-corrected chi connectivity index (χ2v) is 9.52. The Labute approximate surface area is 231 Å². The van der Waals surface area contributed by atoms with Crippen molar-refractivity contribution in [2.24, 2.45) is 5.92 Å². The summed E-state index contributed by atoms with van der Waals surface area (Å²) in [4.78, 5) is 50.2. The summed E-state index contributed by atoms with van der Waals surface area (Å²) >= 11 is 5.68. The highest BCUT2D eigenvalue weighted by Crippen LogP contribution is 2.29. The molecule has 2 aromatic rings. The molecule has 0 bridgehead atoms. The summed E-state index contributed by atoms with van der Waals surface area (Å²) in [5.74, 6) is -11.0. The Balaban J connectivity index is 2.28. The molecule has 3 atom stereocenters. The van der Waals surface area contributed by atoms with Gasteiger partial charge in [0, 0.05) is 10.6 Å². The van der Waals surface area contributed by atoms with E-state index in [0.29, 0.717) is 5.75 Å². The van der Waals surface area contributed by atoms with Crippen molar-refractivity contribution >= 4 is 35.1 Å². The van der Waals surface area contributed by atoms with E-state index in [9.17, 15) is 41.1 Å². The van der Waals surface area contributed by atoms with E-state index in [2.05, 4.69) is 5.32 Å². The van der Waals surface area contributed by atoms with Crippen molar-refractivity contribution in [3.05, 3.63) is 64.7 Å². The van der Waals surface area contributed by atoms with Gasteiger partial charge in [0.25, 0.3) is 11.7 Å². The van der Waals surface area contributed by atoms with Gasteiger partial charge in [0.2, 0.25) is 11.8 Å². The number of methoxy groups -OCH3 is 1. The number of carbonyl (C=O) groups is 4. The van der Waals surface area contributed by atoms with Crippen molar-refractivity contribution in [1.29, 1.82) is 0 Å². The lowest BCUT2D eigenvalue weighted by Gasteiger charge is -2.27. The number of hydrogen-bond donors (Lipinski definition) is 3. The van der Waals surface area contributed by atoms with Crippen LogP contribution in [-0.4, -0.2) is 48.9 Å². The molecule has 0 aliphatic carbocycles. The lowest BCUT2D eigenvalue weighted by Crippen LogP contribution is -2.55. The molecule has 2 rings (SSSR count). The fourth-order valence-corrected chi connectivity index (χ4v) is 3.58. The van der Waals surface area contributed by atoms with Crippen LogP contribution < -0.4 is 20.7 Å². The number of hydrogen-bond acceptors (Lipinski definition) is 5. The molecule has 218 valence electrons. The number of ether oxygens (including phenoxy) is 1. The maximum absolute atomic E-state index is 14.6. The van der Waals surface area contributed by atoms with E-state index in [1.165, 1.54) is 45.2 Å². The van der Waals surface area contributed by atoms with Crippen molar-refractivity contribution in [2.45, 2.75) is 51.0 Å². The molecule has 0 aromatic heterocycles. The van der Waals surface area contributed by atoms with Crippen molar-refractivity contribution in [1.82, 2.24) is 16.0 Å². The Morgan fingerprint density at radius 1 is 0.800 bits per heavy atom. The SMILES string of the molecule is COc1ccc(C(NC(=O)C(C)NC(=O)C(F)(F)c2ccc(Cl)cc2)C(=O)NC(C(=O)C(F)(F)F)C(C)C)cc1. The smallest absolute Gasteiger partial charge is 0.452 e. The average Bonchev–Trinajstić information content (AvgIpc) is 2.89. The van der Waals surface area contributed by atoms with Crippen LogP contribution in [0.5, 0.6) is 5.75 Å². The van der Waals surface area contributed by atoms with E-state index in [4.69, 9.17) is 16.3 Å². The highest BCUT2D eigenvalue weighted by molar-refractivity contribution is 6.30. The van der Waals surface area contributed by atoms with E-state index in [1.54, 1.807) is 0 Å². The normalized spacial score (nSPS) is 14.1. The fourth-order valence-electron chi connectivity index (χ4n) is 3.45. The number of halogens is 6. The number of ketones is 1. The van der Waals surface area contributed by atoms with Crippen LogP contribution in [0, 0.1) is 5.92 Å². The molecule has 3 amide bonds. The number of amides is 3. The first-order valence-corrected chi connectivity index (χ1v) is 12.2. The number of Topliss-reactive ketones (excluding diaryl/α,β-unsaturated/α-hetero) is 1. The van der Waals surface area contributed by atoms with Crippen molar-refractivity contribution < 1.29 is 45.9 Å². The monoisotopic (exact) mass is 591 g/mol. The Bertz CT molecular complexity index is 1220. The van der Waals surface area contributed by atoms with Crippen LogP contribution in [0.15, 0.2) is 48.5 Å². The molecule has 0 saturated heterocycles. The largest absolute Gasteiger partial charge is 0.497 e. The highest BCUT2D eigenvalue weighted by atomic mass is 35.5. The van der Waals surface area contributed by atoms with Crippen LogP contribution in [0.4, 0.5) is 22.0 Å². The van der Waals surface area contributed by atoms with Crippen molar-refractivity contribution in [3.8, 4) is 5.75 Å². The third-order valence-corrected chi connectivity index (χ3v) is 6.01. The van der Waals surface area contributed by atoms with Crippen LogP contribution in [-0.2, 0) is 25.1 Å². The van der Waals surface area contributed by atoms with Gasteiger partial charge < -0.3 is 20.7 Å². The Morgan fingerprint density at radius 2 is 1.35 bits per heavy atom. The average molecular weight is 592 g/mol. The van der Waals surface area contributed by atoms with Gasteiger partial charge >= 0.3 is 12.1 Å². The molecular formula is C26H27ClF5N3O5. The topological polar surface area (TPSA) is 114 Å². The highest BCUT2D eigenvalue weighted by Gasteiger charge is 2.46. The van der Waals surface area contributed by atoms with Crippen LogP contribution in [0.3, 0.4) is 0 Å². The zero-order valence-electron chi connectivity index (χ0n) is 21.7. The predicted molar refractivity (Wildman–Crippen MR) is 135 cm³/mol. The van der Waals surface area contributed by atoms with E-state index < -0.39 is 65.2 Å². The first-order valence-electron chi connectivity index (χ1n) is 11.8. The van der Waals surface area contributed by atoms with Crippen molar-refractivity contribution in [2.75, 3.05) is 7.11 Å². The van der Waals surface area contributed by atoms with Gasteiger partial charge in [0.05, 0.1) is 13.2 Å². The first-order chi connectivity index (χ1) is 18.5. The number of carbonyl (C=O) groups excluding carboxylic acids is 4. The number of alkyl halides is 5. The van der Waals surface area contributed by atoms with E-state index in [-0.39, 0.29) is 10.6 Å². The molecule has 0 aliphatic rings. The Hall–Kier alpha value is -3.74. The summed E-state index contributed by atoms with van der Waals surface area (Å²) in [6, 6.07) is 4.39. The lowest BCUT2D eigenvalue weighted by atomic mass is 9.97. The lowest BCUT2D eigenvalue weighted by molar-refractivity contribution is -0.175. The summed E-state index contributed by atoms with van der Waals surface area (Å²) in [6.45, 7) is 3.64. The van der Waals surface area contributed by atoms with Gasteiger partial charge in [-0.25, -0.2) is 0 Å². The molecule has 0 aliphatic heterocycles. The summed E-state index contributed by atoms with van der Waals surface area (Å²) in [7, 11) is 1.36. The summed E-state index contributed by atoms with van der Waals surface area (Å²) in [5.41, 5.74) is -0.620. The third kappa shape index (κ3) is 8.13. The molecule has 0 saturated carbocycles. The van der Waals surface area contributed by atoms with Crippen LogP contribution in [0.1, 0.15) is 37.9 Å². The van der Waals surface area contributed by atoms with Crippen molar-refractivity contribution in [3.63, 3.8) is 0 Å². The van der Waals surface area contributed by atoms with E-state index >= 15 is 0 Å². The van der Waals surface area contributed by atoms with Gasteiger partial charge in [0.15, 0.2) is 0 Å². The van der Waals surface area contributed by atoms with Gasteiger partial charge in [-0.15, -0.1) is 0 Å². The second kappa shape index (κ2) is 13.1. The molecule has 3 unspecified atom stereocenters. The van der Waals surface area contributed by atoms with E-state index in [0.717, 1.165) is 31.2 Å². The van der Waals surface area contributed by atoms with E-state index in [1.807, 2.05) is 10.6 Å². The molecule has 0 radical (unpaired) electrons. The number of nitrogens with one attached hydrogen (secondary N) is 3. The van der Waals surface area contributed by atoms with Crippen LogP contribution in [0.2, 0.25) is 5.02 Å². The summed E-state index contributed by atoms with van der Waals surface area (Å²) < 4.78 is 73.6. The number of benzene rings is 2. The molecule has 0 spiro atoms. The van der Waals surface area contributed by atoms with Gasteiger partial charge in [-0.1, -0.05) is 49.7 Å². The van der Waals surface area contributed by atoms with Gasteiger partial charge in [-0.2, -0.15) is 22.0 Å². The van der Waals surface area contributed by atoms with Gasteiger partial charge in [-0.05, 0) is 42.7 Å².